The molecule has 1 heterocycles. The van der Waals surface area contributed by atoms with Gasteiger partial charge in [-0.1, -0.05) is 13.8 Å². The van der Waals surface area contributed by atoms with Crippen LogP contribution in [0.15, 0.2) is 46.5 Å². The number of benzene rings is 1. The zero-order valence-electron chi connectivity index (χ0n) is 15.6. The van der Waals surface area contributed by atoms with Crippen LogP contribution in [0.5, 0.6) is 11.5 Å². The highest BCUT2D eigenvalue weighted by Gasteiger charge is 2.21. The smallest absolute Gasteiger partial charge is 0.244 e. The van der Waals surface area contributed by atoms with Gasteiger partial charge in [-0.25, -0.2) is 13.4 Å². The van der Waals surface area contributed by atoms with E-state index in [0.29, 0.717) is 31.3 Å². The highest BCUT2D eigenvalue weighted by molar-refractivity contribution is 7.89. The molecule has 8 nitrogen and oxygen atoms in total. The number of sulfonamides is 1. The van der Waals surface area contributed by atoms with E-state index in [1.807, 2.05) is 6.92 Å². The molecule has 0 spiro atoms. The van der Waals surface area contributed by atoms with Crippen molar-refractivity contribution in [2.45, 2.75) is 25.7 Å². The van der Waals surface area contributed by atoms with Gasteiger partial charge in [0.05, 0.1) is 12.8 Å². The van der Waals surface area contributed by atoms with Gasteiger partial charge in [0.25, 0.3) is 0 Å². The molecule has 0 saturated heterocycles. The first kappa shape index (κ1) is 20.7. The Morgan fingerprint density at radius 2 is 1.96 bits per heavy atom. The predicted octanol–water partition coefficient (Wildman–Crippen LogP) is 2.66. The fourth-order valence-corrected chi connectivity index (χ4v) is 3.77. The second-order valence-electron chi connectivity index (χ2n) is 5.50. The maximum atomic E-state index is 12.4. The van der Waals surface area contributed by atoms with Gasteiger partial charge < -0.3 is 9.84 Å². The number of aromatic nitrogens is 1. The van der Waals surface area contributed by atoms with E-state index in [9.17, 15) is 13.5 Å². The van der Waals surface area contributed by atoms with Crippen LogP contribution in [0.1, 0.15) is 26.3 Å². The van der Waals surface area contributed by atoms with Gasteiger partial charge in [-0.05, 0) is 42.8 Å². The Kier molecular flexibility index (Phi) is 7.14. The number of hydrogen-bond donors (Lipinski definition) is 2. The van der Waals surface area contributed by atoms with Crippen LogP contribution in [0.25, 0.3) is 0 Å². The largest absolute Gasteiger partial charge is 0.504 e. The number of aromatic hydroxyl groups is 1. The number of pyridine rings is 1. The molecule has 2 rings (SSSR count). The molecule has 0 aliphatic heterocycles. The monoisotopic (exact) mass is 392 g/mol. The van der Waals surface area contributed by atoms with Gasteiger partial charge in [0.1, 0.15) is 10.7 Å². The summed E-state index contributed by atoms with van der Waals surface area (Å²) in [7, 11) is -3.53. The fourth-order valence-electron chi connectivity index (χ4n) is 2.37. The topological polar surface area (TPSA) is 104 Å². The normalized spacial score (nSPS) is 11.9. The van der Waals surface area contributed by atoms with E-state index in [1.54, 1.807) is 38.3 Å². The van der Waals surface area contributed by atoms with E-state index in [2.05, 4.69) is 15.5 Å². The number of phenols is 1. The molecule has 27 heavy (non-hydrogen) atoms. The number of nitrogens with one attached hydrogen (secondary N) is 1. The molecule has 146 valence electrons. The second-order valence-corrected chi connectivity index (χ2v) is 7.44. The molecule has 1 aromatic carbocycles. The third-order valence-electron chi connectivity index (χ3n) is 3.76. The van der Waals surface area contributed by atoms with Crippen LogP contribution in [0.4, 0.5) is 5.82 Å². The Morgan fingerprint density at radius 1 is 1.22 bits per heavy atom. The van der Waals surface area contributed by atoms with Gasteiger partial charge in [-0.15, -0.1) is 0 Å². The summed E-state index contributed by atoms with van der Waals surface area (Å²) in [4.78, 5) is 4.23. The third kappa shape index (κ3) is 5.18. The van der Waals surface area contributed by atoms with Crippen molar-refractivity contribution < 1.29 is 18.3 Å². The number of phenolic OH excluding ortho intramolecular Hbond substituents is 1. The predicted molar refractivity (Wildman–Crippen MR) is 105 cm³/mol. The lowest BCUT2D eigenvalue weighted by atomic mass is 10.2. The number of anilines is 1. The molecule has 0 unspecified atom stereocenters. The minimum atomic E-state index is -3.53. The van der Waals surface area contributed by atoms with Crippen LogP contribution in [0.2, 0.25) is 0 Å². The van der Waals surface area contributed by atoms with Crippen LogP contribution in [0, 0.1) is 0 Å². The maximum Gasteiger partial charge on any atom is 0.244 e. The number of ether oxygens (including phenoxy) is 1. The average molecular weight is 392 g/mol. The van der Waals surface area contributed by atoms with Crippen molar-refractivity contribution in [2.75, 3.05) is 25.1 Å². The van der Waals surface area contributed by atoms with Gasteiger partial charge in [0.15, 0.2) is 11.5 Å². The molecule has 0 radical (unpaired) electrons. The van der Waals surface area contributed by atoms with Gasteiger partial charge in [-0.2, -0.15) is 9.41 Å². The fraction of sp³-hybridized carbons (Fsp3) is 0.333. The van der Waals surface area contributed by atoms with Gasteiger partial charge >= 0.3 is 0 Å². The van der Waals surface area contributed by atoms with Crippen LogP contribution >= 0.6 is 0 Å². The molecule has 0 bridgehead atoms. The summed E-state index contributed by atoms with van der Waals surface area (Å²) < 4.78 is 31.5. The summed E-state index contributed by atoms with van der Waals surface area (Å²) in [5.41, 5.74) is 3.47. The first-order valence-corrected chi connectivity index (χ1v) is 10.1. The summed E-state index contributed by atoms with van der Waals surface area (Å²) in [6, 6.07) is 7.92. The van der Waals surface area contributed by atoms with Crippen molar-refractivity contribution in [1.82, 2.24) is 9.29 Å². The SMILES string of the molecule is CCOc1cc(/C=N/Nc2ccc(S(=O)(=O)N(CC)CC)cn2)ccc1O. The van der Waals surface area contributed by atoms with Crippen molar-refractivity contribution in [3.8, 4) is 11.5 Å². The summed E-state index contributed by atoms with van der Waals surface area (Å²) >= 11 is 0. The lowest BCUT2D eigenvalue weighted by Gasteiger charge is -2.18. The number of nitrogens with zero attached hydrogens (tertiary/aromatic N) is 3. The van der Waals surface area contributed by atoms with Gasteiger partial charge in [0, 0.05) is 19.3 Å². The van der Waals surface area contributed by atoms with E-state index >= 15 is 0 Å². The summed E-state index contributed by atoms with van der Waals surface area (Å²) in [5, 5.41) is 13.8. The van der Waals surface area contributed by atoms with Gasteiger partial charge in [0.2, 0.25) is 10.0 Å². The van der Waals surface area contributed by atoms with Crippen molar-refractivity contribution in [3.63, 3.8) is 0 Å². The first-order valence-electron chi connectivity index (χ1n) is 8.63. The molecule has 1 aromatic heterocycles. The number of rotatable bonds is 9. The van der Waals surface area contributed by atoms with Crippen molar-refractivity contribution in [3.05, 3.63) is 42.1 Å². The van der Waals surface area contributed by atoms with Crippen LogP contribution in [-0.4, -0.2) is 48.7 Å². The van der Waals surface area contributed by atoms with Crippen LogP contribution in [0.3, 0.4) is 0 Å². The molecular formula is C18H24N4O4S. The highest BCUT2D eigenvalue weighted by atomic mass is 32.2. The van der Waals surface area contributed by atoms with E-state index < -0.39 is 10.0 Å². The Morgan fingerprint density at radius 3 is 2.56 bits per heavy atom. The molecule has 0 aliphatic rings. The number of hydrogen-bond acceptors (Lipinski definition) is 7. The Balaban J connectivity index is 2.07. The minimum Gasteiger partial charge on any atom is -0.504 e. The lowest BCUT2D eigenvalue weighted by Crippen LogP contribution is -2.30. The standard InChI is InChI=1S/C18H24N4O4S/c1-4-22(5-2)27(24,25)15-8-10-18(19-13-15)21-20-12-14-7-9-16(23)17(11-14)26-6-3/h7-13,23H,4-6H2,1-3H3,(H,19,21)/b20-12+. The third-order valence-corrected chi connectivity index (χ3v) is 5.79. The Bertz CT molecular complexity index is 879. The molecule has 2 aromatic rings. The number of hydrazone groups is 1. The summed E-state index contributed by atoms with van der Waals surface area (Å²) in [6.45, 7) is 6.66. The zero-order chi connectivity index (χ0) is 19.9. The summed E-state index contributed by atoms with van der Waals surface area (Å²) in [5.74, 6) is 0.854. The highest BCUT2D eigenvalue weighted by Crippen LogP contribution is 2.26. The van der Waals surface area contributed by atoms with E-state index in [4.69, 9.17) is 4.74 Å². The quantitative estimate of drug-likeness (QED) is 0.502. The molecule has 0 amide bonds. The molecule has 2 N–H and O–H groups in total. The van der Waals surface area contributed by atoms with E-state index in [-0.39, 0.29) is 10.6 Å². The molecule has 0 saturated carbocycles. The molecule has 0 atom stereocenters. The van der Waals surface area contributed by atoms with Crippen molar-refractivity contribution in [1.29, 1.82) is 0 Å². The molecule has 0 fully saturated rings. The van der Waals surface area contributed by atoms with Crippen LogP contribution < -0.4 is 10.2 Å². The van der Waals surface area contributed by atoms with Gasteiger partial charge in [-0.3, -0.25) is 5.43 Å². The lowest BCUT2D eigenvalue weighted by molar-refractivity contribution is 0.318. The zero-order valence-corrected chi connectivity index (χ0v) is 16.4. The maximum absolute atomic E-state index is 12.4. The van der Waals surface area contributed by atoms with Crippen LogP contribution in [-0.2, 0) is 10.0 Å². The Labute approximate surface area is 159 Å². The van der Waals surface area contributed by atoms with Crippen molar-refractivity contribution in [2.24, 2.45) is 5.10 Å². The molecule has 9 heteroatoms. The molecule has 0 aliphatic carbocycles. The van der Waals surface area contributed by atoms with Crippen molar-refractivity contribution >= 4 is 22.1 Å². The summed E-state index contributed by atoms with van der Waals surface area (Å²) in [6.07, 6.45) is 2.85. The Hall–Kier alpha value is -2.65. The minimum absolute atomic E-state index is 0.0635. The second kappa shape index (κ2) is 9.33. The average Bonchev–Trinajstić information content (AvgIpc) is 2.66. The van der Waals surface area contributed by atoms with E-state index in [0.717, 1.165) is 5.56 Å². The molecular weight excluding hydrogens is 368 g/mol. The first-order chi connectivity index (χ1) is 12.9. The van der Waals surface area contributed by atoms with E-state index in [1.165, 1.54) is 22.6 Å².